The quantitative estimate of drug-likeness (QED) is 0.204. The third kappa shape index (κ3) is 4.44. The summed E-state index contributed by atoms with van der Waals surface area (Å²) in [4.78, 5) is 2.29. The highest BCUT2D eigenvalue weighted by atomic mass is 35.5. The van der Waals surface area contributed by atoms with E-state index in [4.69, 9.17) is 16.0 Å². The fourth-order valence-electron chi connectivity index (χ4n) is 6.07. The molecule has 0 aliphatic carbocycles. The molecule has 0 saturated carbocycles. The zero-order valence-corrected chi connectivity index (χ0v) is 24.0. The Bertz CT molecular complexity index is 2240. The Morgan fingerprint density at radius 2 is 1.09 bits per heavy atom. The molecule has 7 aromatic carbocycles. The van der Waals surface area contributed by atoms with Crippen molar-refractivity contribution < 1.29 is 4.42 Å². The largest absolute Gasteiger partial charge is 0.454 e. The van der Waals surface area contributed by atoms with Crippen molar-refractivity contribution in [1.29, 1.82) is 0 Å². The van der Waals surface area contributed by atoms with Gasteiger partial charge in [0.25, 0.3) is 0 Å². The van der Waals surface area contributed by atoms with E-state index in [2.05, 4.69) is 132 Å². The monoisotopic (exact) mass is 571 g/mol. The van der Waals surface area contributed by atoms with Crippen molar-refractivity contribution in [2.45, 2.75) is 0 Å². The standard InChI is InChI=1S/C40H26ClNO/c41-37-26-32(25-36-35-24-21-30-15-7-8-17-34(30)39(35)43-40(36)37)42(31-22-19-28(20-23-31)27-11-3-1-4-12-27)38-18-10-9-16-33(38)29-13-5-2-6-14-29/h1-26H. The van der Waals surface area contributed by atoms with Crippen LogP contribution in [0.2, 0.25) is 5.02 Å². The molecule has 0 N–H and O–H groups in total. The van der Waals surface area contributed by atoms with Crippen LogP contribution in [0, 0.1) is 0 Å². The normalized spacial score (nSPS) is 11.4. The van der Waals surface area contributed by atoms with Crippen LogP contribution in [0.25, 0.3) is 55.0 Å². The first-order chi connectivity index (χ1) is 21.2. The summed E-state index contributed by atoms with van der Waals surface area (Å²) in [5, 5.41) is 4.84. The lowest BCUT2D eigenvalue weighted by Crippen LogP contribution is -2.11. The molecular formula is C40H26ClNO. The summed E-state index contributed by atoms with van der Waals surface area (Å²) in [6.45, 7) is 0. The van der Waals surface area contributed by atoms with Crippen LogP contribution in [0.1, 0.15) is 0 Å². The van der Waals surface area contributed by atoms with Gasteiger partial charge in [0.1, 0.15) is 5.58 Å². The minimum Gasteiger partial charge on any atom is -0.454 e. The average molecular weight is 572 g/mol. The Morgan fingerprint density at radius 1 is 0.442 bits per heavy atom. The molecule has 204 valence electrons. The highest BCUT2D eigenvalue weighted by molar-refractivity contribution is 6.36. The molecule has 0 unspecified atom stereocenters. The lowest BCUT2D eigenvalue weighted by molar-refractivity contribution is 0.673. The summed E-state index contributed by atoms with van der Waals surface area (Å²) in [5.41, 5.74) is 9.26. The summed E-state index contributed by atoms with van der Waals surface area (Å²) in [5.74, 6) is 0. The average Bonchev–Trinajstić information content (AvgIpc) is 3.46. The van der Waals surface area contributed by atoms with Gasteiger partial charge < -0.3 is 9.32 Å². The third-order valence-corrected chi connectivity index (χ3v) is 8.40. The van der Waals surface area contributed by atoms with E-state index in [1.54, 1.807) is 0 Å². The van der Waals surface area contributed by atoms with Gasteiger partial charge in [-0.05, 0) is 58.5 Å². The number of furan rings is 1. The van der Waals surface area contributed by atoms with Crippen molar-refractivity contribution in [3.8, 4) is 22.3 Å². The van der Waals surface area contributed by atoms with E-state index in [-0.39, 0.29) is 0 Å². The zero-order valence-electron chi connectivity index (χ0n) is 23.2. The van der Waals surface area contributed by atoms with Crippen molar-refractivity contribution in [3.05, 3.63) is 163 Å². The molecule has 1 aromatic heterocycles. The molecule has 0 atom stereocenters. The third-order valence-electron chi connectivity index (χ3n) is 8.12. The van der Waals surface area contributed by atoms with Gasteiger partial charge in [0.2, 0.25) is 0 Å². The van der Waals surface area contributed by atoms with E-state index in [0.717, 1.165) is 55.3 Å². The Hall–Kier alpha value is -5.31. The lowest BCUT2D eigenvalue weighted by atomic mass is 10.0. The van der Waals surface area contributed by atoms with E-state index in [1.165, 1.54) is 11.1 Å². The highest BCUT2D eigenvalue weighted by Crippen LogP contribution is 2.45. The number of benzene rings is 7. The number of hydrogen-bond acceptors (Lipinski definition) is 2. The Labute approximate surface area is 255 Å². The van der Waals surface area contributed by atoms with E-state index in [0.29, 0.717) is 10.6 Å². The molecule has 0 spiro atoms. The number of fused-ring (bicyclic) bond motifs is 5. The van der Waals surface area contributed by atoms with Crippen LogP contribution in [0.5, 0.6) is 0 Å². The number of rotatable bonds is 5. The number of hydrogen-bond donors (Lipinski definition) is 0. The van der Waals surface area contributed by atoms with Crippen LogP contribution in [-0.2, 0) is 0 Å². The first-order valence-electron chi connectivity index (χ1n) is 14.4. The number of nitrogens with zero attached hydrogens (tertiary/aromatic N) is 1. The highest BCUT2D eigenvalue weighted by Gasteiger charge is 2.21. The Morgan fingerprint density at radius 3 is 1.88 bits per heavy atom. The Balaban J connectivity index is 1.36. The van der Waals surface area contributed by atoms with Gasteiger partial charge in [-0.15, -0.1) is 0 Å². The van der Waals surface area contributed by atoms with Gasteiger partial charge in [-0.25, -0.2) is 0 Å². The molecule has 1 heterocycles. The summed E-state index contributed by atoms with van der Waals surface area (Å²) in [6, 6.07) is 55.1. The minimum atomic E-state index is 0.580. The second-order valence-electron chi connectivity index (χ2n) is 10.7. The van der Waals surface area contributed by atoms with E-state index in [1.807, 2.05) is 30.3 Å². The van der Waals surface area contributed by atoms with E-state index >= 15 is 0 Å². The summed E-state index contributed by atoms with van der Waals surface area (Å²) in [6.07, 6.45) is 0. The van der Waals surface area contributed by atoms with Crippen LogP contribution in [-0.4, -0.2) is 0 Å². The summed E-state index contributed by atoms with van der Waals surface area (Å²) in [7, 11) is 0. The fraction of sp³-hybridized carbons (Fsp3) is 0. The zero-order chi connectivity index (χ0) is 28.8. The Kier molecular flexibility index (Phi) is 6.21. The van der Waals surface area contributed by atoms with Gasteiger partial charge in [-0.1, -0.05) is 133 Å². The van der Waals surface area contributed by atoms with Gasteiger partial charge in [-0.3, -0.25) is 0 Å². The molecule has 2 nitrogen and oxygen atoms in total. The SMILES string of the molecule is Clc1cc(N(c2ccc(-c3ccccc3)cc2)c2ccccc2-c2ccccc2)cc2c1oc1c3ccccc3ccc21. The van der Waals surface area contributed by atoms with Crippen LogP contribution < -0.4 is 4.90 Å². The number of halogens is 1. The molecule has 0 bridgehead atoms. The van der Waals surface area contributed by atoms with Crippen molar-refractivity contribution >= 4 is 61.4 Å². The topological polar surface area (TPSA) is 16.4 Å². The summed E-state index contributed by atoms with van der Waals surface area (Å²) >= 11 is 7.05. The first kappa shape index (κ1) is 25.4. The number of anilines is 3. The molecule has 0 aliphatic rings. The molecular weight excluding hydrogens is 546 g/mol. The molecule has 43 heavy (non-hydrogen) atoms. The lowest BCUT2D eigenvalue weighted by Gasteiger charge is -2.28. The van der Waals surface area contributed by atoms with Crippen molar-refractivity contribution in [2.24, 2.45) is 0 Å². The first-order valence-corrected chi connectivity index (χ1v) is 14.8. The molecule has 0 saturated heterocycles. The molecule has 0 radical (unpaired) electrons. The van der Waals surface area contributed by atoms with Gasteiger partial charge in [0, 0.05) is 33.1 Å². The number of para-hydroxylation sites is 1. The maximum Gasteiger partial charge on any atom is 0.154 e. The summed E-state index contributed by atoms with van der Waals surface area (Å²) < 4.78 is 6.45. The predicted octanol–water partition coefficient (Wildman–Crippen LogP) is 12.2. The maximum atomic E-state index is 7.05. The van der Waals surface area contributed by atoms with Crippen LogP contribution in [0.4, 0.5) is 17.1 Å². The molecule has 3 heteroatoms. The molecule has 8 aromatic rings. The van der Waals surface area contributed by atoms with Gasteiger partial charge in [-0.2, -0.15) is 0 Å². The minimum absolute atomic E-state index is 0.580. The van der Waals surface area contributed by atoms with Crippen LogP contribution in [0.15, 0.2) is 162 Å². The maximum absolute atomic E-state index is 7.05. The predicted molar refractivity (Wildman–Crippen MR) is 182 cm³/mol. The fourth-order valence-corrected chi connectivity index (χ4v) is 6.32. The van der Waals surface area contributed by atoms with Gasteiger partial charge in [0.15, 0.2) is 5.58 Å². The van der Waals surface area contributed by atoms with Crippen LogP contribution >= 0.6 is 11.6 Å². The smallest absolute Gasteiger partial charge is 0.154 e. The van der Waals surface area contributed by atoms with E-state index < -0.39 is 0 Å². The molecule has 0 aliphatic heterocycles. The molecule has 8 rings (SSSR count). The second kappa shape index (κ2) is 10.5. The van der Waals surface area contributed by atoms with Gasteiger partial charge in [0.05, 0.1) is 10.7 Å². The van der Waals surface area contributed by atoms with Crippen LogP contribution in [0.3, 0.4) is 0 Å². The molecule has 0 amide bonds. The van der Waals surface area contributed by atoms with E-state index in [9.17, 15) is 0 Å². The molecule has 0 fully saturated rings. The van der Waals surface area contributed by atoms with Crippen molar-refractivity contribution in [1.82, 2.24) is 0 Å². The van der Waals surface area contributed by atoms with Crippen molar-refractivity contribution in [3.63, 3.8) is 0 Å². The van der Waals surface area contributed by atoms with Crippen molar-refractivity contribution in [2.75, 3.05) is 4.90 Å². The van der Waals surface area contributed by atoms with Gasteiger partial charge >= 0.3 is 0 Å². The second-order valence-corrected chi connectivity index (χ2v) is 11.1.